The smallest absolute Gasteiger partial charge is 0.333 e. The van der Waals surface area contributed by atoms with Crippen LogP contribution in [-0.4, -0.2) is 266 Å². The molecule has 0 spiro atoms. The minimum atomic E-state index is -1.22. The summed E-state index contributed by atoms with van der Waals surface area (Å²) in [5, 5.41) is 167. The molecule has 26 nitrogen and oxygen atoms in total. The third-order valence-electron chi connectivity index (χ3n) is 6.28. The number of carboxylic acids is 2. The summed E-state index contributed by atoms with van der Waals surface area (Å²) in [4.78, 5) is 30.5. The second kappa shape index (κ2) is 44.9. The number of hydrogen-bond donors (Lipinski definition) is 20. The van der Waals surface area contributed by atoms with Gasteiger partial charge in [-0.15, -0.1) is 0 Å². The van der Waals surface area contributed by atoms with Crippen molar-refractivity contribution < 1.29 is 131 Å². The van der Waals surface area contributed by atoms with Gasteiger partial charge >= 0.3 is 17.9 Å². The number of epoxide rings is 1. The van der Waals surface area contributed by atoms with Crippen LogP contribution < -0.4 is 0 Å². The van der Waals surface area contributed by atoms with Gasteiger partial charge in [-0.1, -0.05) is 19.7 Å². The lowest BCUT2D eigenvalue weighted by Gasteiger charge is -2.24. The average molecular weight is 907 g/mol. The predicted molar refractivity (Wildman–Crippen MR) is 208 cm³/mol. The Labute approximate surface area is 352 Å². The van der Waals surface area contributed by atoms with Crippen molar-refractivity contribution in [3.05, 3.63) is 36.5 Å². The number of aliphatic carboxylic acids is 2. The molecule has 1 aliphatic rings. The van der Waals surface area contributed by atoms with E-state index in [0.29, 0.717) is 13.2 Å². The van der Waals surface area contributed by atoms with E-state index in [4.69, 9.17) is 116 Å². The number of hydrogen-bond acceptors (Lipinski definition) is 24. The highest BCUT2D eigenvalue weighted by Crippen LogP contribution is 2.13. The summed E-state index contributed by atoms with van der Waals surface area (Å²) in [7, 11) is 0. The maximum atomic E-state index is 11.3. The van der Waals surface area contributed by atoms with Crippen LogP contribution in [0.5, 0.6) is 0 Å². The van der Waals surface area contributed by atoms with Crippen molar-refractivity contribution >= 4 is 17.9 Å². The molecular weight excluding hydrogens is 836 g/mol. The summed E-state index contributed by atoms with van der Waals surface area (Å²) in [5.41, 5.74) is 0.579. The zero-order chi connectivity index (χ0) is 49.4. The van der Waals surface area contributed by atoms with Crippen molar-refractivity contribution in [2.75, 3.05) is 79.3 Å². The molecule has 0 aliphatic carbocycles. The van der Waals surface area contributed by atoms with E-state index in [1.54, 1.807) is 0 Å². The maximum absolute atomic E-state index is 11.3. The number of aliphatic hydroxyl groups excluding tert-OH is 18. The molecule has 0 aromatic rings. The maximum Gasteiger partial charge on any atom is 0.333 e. The van der Waals surface area contributed by atoms with E-state index in [1.165, 1.54) is 20.8 Å². The molecule has 0 radical (unpaired) electrons. The van der Waals surface area contributed by atoms with Crippen molar-refractivity contribution in [2.24, 2.45) is 0 Å². The van der Waals surface area contributed by atoms with Gasteiger partial charge in [0.15, 0.2) is 6.10 Å². The Kier molecular flexibility index (Phi) is 51.1. The van der Waals surface area contributed by atoms with Crippen LogP contribution in [0.15, 0.2) is 36.5 Å². The van der Waals surface area contributed by atoms with Crippen LogP contribution in [0, 0.1) is 0 Å². The molecule has 0 aromatic carbocycles. The lowest BCUT2D eigenvalue weighted by molar-refractivity contribution is -0.159. The summed E-state index contributed by atoms with van der Waals surface area (Å²) in [5.74, 6) is -2.49. The first kappa shape index (κ1) is 69.5. The summed E-state index contributed by atoms with van der Waals surface area (Å²) in [6.07, 6.45) is -11.4. The fourth-order valence-electron chi connectivity index (χ4n) is 2.12. The number of ether oxygens (including phenoxy) is 3. The monoisotopic (exact) mass is 906 g/mol. The van der Waals surface area contributed by atoms with Crippen molar-refractivity contribution in [3.8, 4) is 0 Å². The molecule has 0 saturated carbocycles. The van der Waals surface area contributed by atoms with Crippen molar-refractivity contribution in [3.63, 3.8) is 0 Å². The standard InChI is InChI=1S/C11H18O6.4C4H10O4.2C4H6O2/c1-7(2)11(14)17-10(4-13)9(3-12)16-6-8-5-15-8;4*5-1-3(7)4(8)2-6;2*1-3(2)4(5)6/h8-10,12-13H,1,3-6H2,2H3;4*3-8H,1-2H2;2*1H2,2H3,(H,5,6)/t8?,9-,10+;4*3-,4+;;/m1....../s1. The molecule has 1 unspecified atom stereocenters. The van der Waals surface area contributed by atoms with E-state index < -0.39 is 138 Å². The quantitative estimate of drug-likeness (QED) is 0.0272. The highest BCUT2D eigenvalue weighted by molar-refractivity contribution is 5.87. The number of rotatable bonds is 22. The molecule has 366 valence electrons. The zero-order valence-corrected chi connectivity index (χ0v) is 34.4. The molecule has 1 heterocycles. The lowest BCUT2D eigenvalue weighted by atomic mass is 10.2. The van der Waals surface area contributed by atoms with E-state index in [-0.39, 0.29) is 29.4 Å². The van der Waals surface area contributed by atoms with Gasteiger partial charge in [-0.3, -0.25) is 0 Å². The summed E-state index contributed by atoms with van der Waals surface area (Å²) < 4.78 is 15.2. The molecule has 26 heteroatoms. The van der Waals surface area contributed by atoms with Crippen LogP contribution in [0.2, 0.25) is 0 Å². The molecule has 0 aromatic heterocycles. The van der Waals surface area contributed by atoms with E-state index >= 15 is 0 Å². The normalized spacial score (nSPS) is 17.0. The molecular formula is C35H70O26. The molecule has 0 bridgehead atoms. The SMILES string of the molecule is C=C(C)C(=O)O.C=C(C)C(=O)O.C=C(C)C(=O)O[C@@H](CO)[C@@H](CO)OCC1CO1.OC[C@@H](O)[C@@H](O)CO.OC[C@@H](O)[C@@H](O)CO.OC[C@@H](O)[C@@H](O)CO.OC[C@@H](O)[C@@H](O)CO. The van der Waals surface area contributed by atoms with Crippen molar-refractivity contribution in [2.45, 2.75) is 87.9 Å². The van der Waals surface area contributed by atoms with Crippen LogP contribution in [-0.2, 0) is 28.6 Å². The van der Waals surface area contributed by atoms with E-state index in [9.17, 15) is 14.4 Å². The fourth-order valence-corrected chi connectivity index (χ4v) is 2.12. The van der Waals surface area contributed by atoms with E-state index in [2.05, 4.69) is 19.7 Å². The van der Waals surface area contributed by atoms with Crippen molar-refractivity contribution in [1.29, 1.82) is 0 Å². The molecule has 1 rings (SSSR count). The largest absolute Gasteiger partial charge is 0.478 e. The van der Waals surface area contributed by atoms with E-state index in [0.717, 1.165) is 0 Å². The van der Waals surface area contributed by atoms with Gasteiger partial charge in [0.2, 0.25) is 0 Å². The number of carboxylic acid groups (broad SMARTS) is 2. The third kappa shape index (κ3) is 46.2. The fraction of sp³-hybridized carbons (Fsp3) is 0.743. The van der Waals surface area contributed by atoms with Crippen LogP contribution in [0.25, 0.3) is 0 Å². The van der Waals surface area contributed by atoms with Crippen LogP contribution in [0.1, 0.15) is 20.8 Å². The molecule has 1 fully saturated rings. The van der Waals surface area contributed by atoms with Gasteiger partial charge in [0.25, 0.3) is 0 Å². The summed E-state index contributed by atoms with van der Waals surface area (Å²) in [6, 6.07) is 0. The Morgan fingerprint density at radius 1 is 0.475 bits per heavy atom. The van der Waals surface area contributed by atoms with Crippen LogP contribution >= 0.6 is 0 Å². The lowest BCUT2D eigenvalue weighted by Crippen LogP contribution is -2.39. The Morgan fingerprint density at radius 3 is 0.820 bits per heavy atom. The minimum Gasteiger partial charge on any atom is -0.478 e. The molecule has 0 amide bonds. The van der Waals surface area contributed by atoms with E-state index in [1.807, 2.05) is 0 Å². The molecule has 1 aliphatic heterocycles. The Bertz CT molecular complexity index is 962. The number of carbonyl (C=O) groups is 3. The topological polar surface area (TPSA) is 487 Å². The molecule has 61 heavy (non-hydrogen) atoms. The molecule has 1 saturated heterocycles. The van der Waals surface area contributed by atoms with Gasteiger partial charge in [-0.2, -0.15) is 0 Å². The minimum absolute atomic E-state index is 0.0419. The first-order valence-electron chi connectivity index (χ1n) is 17.7. The third-order valence-corrected chi connectivity index (χ3v) is 6.28. The van der Waals surface area contributed by atoms with Gasteiger partial charge in [0.1, 0.15) is 61.0 Å². The van der Waals surface area contributed by atoms with Gasteiger partial charge in [-0.05, 0) is 20.8 Å². The average Bonchev–Trinajstić information content (AvgIpc) is 4.09. The van der Waals surface area contributed by atoms with Gasteiger partial charge < -0.3 is 116 Å². The Hall–Kier alpha value is -3.17. The summed E-state index contributed by atoms with van der Waals surface area (Å²) >= 11 is 0. The van der Waals surface area contributed by atoms with Crippen LogP contribution in [0.4, 0.5) is 0 Å². The molecule has 20 N–H and O–H groups in total. The number of carbonyl (C=O) groups excluding carboxylic acids is 1. The van der Waals surface area contributed by atoms with Crippen LogP contribution in [0.3, 0.4) is 0 Å². The first-order valence-corrected chi connectivity index (χ1v) is 17.7. The van der Waals surface area contributed by atoms with Gasteiger partial charge in [-0.25, -0.2) is 14.4 Å². The second-order valence-corrected chi connectivity index (χ2v) is 12.1. The van der Waals surface area contributed by atoms with Crippen molar-refractivity contribution in [1.82, 2.24) is 0 Å². The predicted octanol–water partition coefficient (Wildman–Crippen LogP) is -8.69. The number of aliphatic hydroxyl groups is 18. The van der Waals surface area contributed by atoms with Gasteiger partial charge in [0.05, 0.1) is 79.3 Å². The Balaban J connectivity index is -0.000000151. The molecule has 11 atom stereocenters. The highest BCUT2D eigenvalue weighted by atomic mass is 16.6. The number of esters is 1. The van der Waals surface area contributed by atoms with Gasteiger partial charge in [0, 0.05) is 16.7 Å². The second-order valence-electron chi connectivity index (χ2n) is 12.1. The zero-order valence-electron chi connectivity index (χ0n) is 34.4. The summed E-state index contributed by atoms with van der Waals surface area (Å²) in [6.45, 7) is 10.1. The Morgan fingerprint density at radius 2 is 0.689 bits per heavy atom. The highest BCUT2D eigenvalue weighted by Gasteiger charge is 2.29. The first-order chi connectivity index (χ1) is 28.2.